The van der Waals surface area contributed by atoms with Crippen molar-refractivity contribution in [1.29, 1.82) is 5.26 Å². The minimum Gasteiger partial charge on any atom is -0.375 e. The average molecular weight is 167 g/mol. The van der Waals surface area contributed by atoms with Crippen LogP contribution in [0.15, 0.2) is 0 Å². The SMILES string of the molecule is CC1CCC(C)CC(O)(C#N)C1. The van der Waals surface area contributed by atoms with Crippen LogP contribution in [0.25, 0.3) is 0 Å². The van der Waals surface area contributed by atoms with Gasteiger partial charge in [0.25, 0.3) is 0 Å². The first-order valence-electron chi connectivity index (χ1n) is 4.69. The lowest BCUT2D eigenvalue weighted by Crippen LogP contribution is -2.28. The van der Waals surface area contributed by atoms with Gasteiger partial charge in [0, 0.05) is 0 Å². The first-order valence-corrected chi connectivity index (χ1v) is 4.69. The number of nitriles is 1. The van der Waals surface area contributed by atoms with Gasteiger partial charge in [-0.2, -0.15) is 5.26 Å². The van der Waals surface area contributed by atoms with E-state index in [2.05, 4.69) is 13.8 Å². The fraction of sp³-hybridized carbons (Fsp3) is 0.900. The van der Waals surface area contributed by atoms with Crippen LogP contribution in [-0.2, 0) is 0 Å². The van der Waals surface area contributed by atoms with Crippen LogP contribution in [-0.4, -0.2) is 10.7 Å². The molecule has 2 atom stereocenters. The summed E-state index contributed by atoms with van der Waals surface area (Å²) in [5.41, 5.74) is -1.05. The molecule has 0 aromatic carbocycles. The third kappa shape index (κ3) is 2.22. The molecule has 0 aromatic rings. The van der Waals surface area contributed by atoms with Gasteiger partial charge in [0.1, 0.15) is 0 Å². The van der Waals surface area contributed by atoms with Gasteiger partial charge in [-0.3, -0.25) is 0 Å². The van der Waals surface area contributed by atoms with E-state index in [0.717, 1.165) is 12.8 Å². The minimum absolute atomic E-state index is 0.486. The Balaban J connectivity index is 2.69. The number of rotatable bonds is 0. The summed E-state index contributed by atoms with van der Waals surface area (Å²) in [6, 6.07) is 2.04. The van der Waals surface area contributed by atoms with Gasteiger partial charge in [-0.15, -0.1) is 0 Å². The van der Waals surface area contributed by atoms with Gasteiger partial charge >= 0.3 is 0 Å². The molecule has 1 N–H and O–H groups in total. The van der Waals surface area contributed by atoms with Crippen molar-refractivity contribution in [3.05, 3.63) is 0 Å². The van der Waals surface area contributed by atoms with Crippen LogP contribution in [0.4, 0.5) is 0 Å². The first-order chi connectivity index (χ1) is 5.56. The summed E-state index contributed by atoms with van der Waals surface area (Å²) in [4.78, 5) is 0. The Labute approximate surface area is 74.2 Å². The van der Waals surface area contributed by atoms with Crippen molar-refractivity contribution in [2.45, 2.75) is 45.1 Å². The van der Waals surface area contributed by atoms with Crippen LogP contribution >= 0.6 is 0 Å². The molecule has 0 radical (unpaired) electrons. The van der Waals surface area contributed by atoms with Gasteiger partial charge in [0.15, 0.2) is 5.60 Å². The molecule has 1 aliphatic carbocycles. The highest BCUT2D eigenvalue weighted by Gasteiger charge is 2.33. The molecule has 0 heterocycles. The Morgan fingerprint density at radius 1 is 1.25 bits per heavy atom. The Morgan fingerprint density at radius 3 is 2.00 bits per heavy atom. The van der Waals surface area contributed by atoms with Crippen LogP contribution in [0.5, 0.6) is 0 Å². The van der Waals surface area contributed by atoms with E-state index in [1.54, 1.807) is 0 Å². The molecule has 0 amide bonds. The van der Waals surface area contributed by atoms with E-state index in [1.807, 2.05) is 6.07 Å². The monoisotopic (exact) mass is 167 g/mol. The summed E-state index contributed by atoms with van der Waals surface area (Å²) in [5, 5.41) is 18.7. The molecule has 1 saturated carbocycles. The largest absolute Gasteiger partial charge is 0.375 e. The number of hydrogen-bond donors (Lipinski definition) is 1. The van der Waals surface area contributed by atoms with E-state index in [1.165, 1.54) is 0 Å². The predicted molar refractivity (Wildman–Crippen MR) is 47.4 cm³/mol. The van der Waals surface area contributed by atoms with Crippen LogP contribution in [0.1, 0.15) is 39.5 Å². The maximum Gasteiger partial charge on any atom is 0.151 e. The minimum atomic E-state index is -1.05. The Bertz CT molecular complexity index is 183. The second-order valence-electron chi connectivity index (χ2n) is 4.34. The van der Waals surface area contributed by atoms with Gasteiger partial charge in [-0.25, -0.2) is 0 Å². The summed E-state index contributed by atoms with van der Waals surface area (Å²) in [5.74, 6) is 0.971. The quantitative estimate of drug-likeness (QED) is 0.443. The van der Waals surface area contributed by atoms with E-state index in [-0.39, 0.29) is 0 Å². The average Bonchev–Trinajstić information content (AvgIpc) is 2.11. The van der Waals surface area contributed by atoms with E-state index in [9.17, 15) is 5.11 Å². The van der Waals surface area contributed by atoms with Crippen molar-refractivity contribution in [3.8, 4) is 6.07 Å². The van der Waals surface area contributed by atoms with Crippen molar-refractivity contribution in [2.75, 3.05) is 0 Å². The highest BCUT2D eigenvalue weighted by Crippen LogP contribution is 2.33. The molecule has 0 spiro atoms. The van der Waals surface area contributed by atoms with Gasteiger partial charge in [0.2, 0.25) is 0 Å². The summed E-state index contributed by atoms with van der Waals surface area (Å²) < 4.78 is 0. The lowest BCUT2D eigenvalue weighted by atomic mass is 9.89. The fourth-order valence-electron chi connectivity index (χ4n) is 2.10. The number of hydrogen-bond acceptors (Lipinski definition) is 2. The molecule has 0 bridgehead atoms. The molecule has 1 rings (SSSR count). The molecule has 0 aliphatic heterocycles. The van der Waals surface area contributed by atoms with E-state index in [4.69, 9.17) is 5.26 Å². The highest BCUT2D eigenvalue weighted by atomic mass is 16.3. The third-order valence-corrected chi connectivity index (χ3v) is 2.73. The molecule has 0 aromatic heterocycles. The van der Waals surface area contributed by atoms with Gasteiger partial charge in [-0.05, 0) is 24.7 Å². The van der Waals surface area contributed by atoms with Crippen molar-refractivity contribution in [3.63, 3.8) is 0 Å². The lowest BCUT2D eigenvalue weighted by Gasteiger charge is -2.21. The summed E-state index contributed by atoms with van der Waals surface area (Å²) in [6.45, 7) is 4.22. The van der Waals surface area contributed by atoms with Crippen molar-refractivity contribution >= 4 is 0 Å². The second kappa shape index (κ2) is 3.45. The van der Waals surface area contributed by atoms with Gasteiger partial charge in [0.05, 0.1) is 6.07 Å². The Morgan fingerprint density at radius 2 is 1.67 bits per heavy atom. The van der Waals surface area contributed by atoms with Gasteiger partial charge < -0.3 is 5.11 Å². The highest BCUT2D eigenvalue weighted by molar-refractivity contribution is 5.02. The third-order valence-electron chi connectivity index (χ3n) is 2.73. The van der Waals surface area contributed by atoms with Crippen molar-refractivity contribution < 1.29 is 5.11 Å². The van der Waals surface area contributed by atoms with Crippen LogP contribution in [0, 0.1) is 23.2 Å². The zero-order valence-corrected chi connectivity index (χ0v) is 7.88. The zero-order chi connectivity index (χ0) is 9.19. The van der Waals surface area contributed by atoms with Crippen LogP contribution in [0.2, 0.25) is 0 Å². The Hall–Kier alpha value is -0.550. The molecule has 68 valence electrons. The van der Waals surface area contributed by atoms with E-state index in [0.29, 0.717) is 24.7 Å². The summed E-state index contributed by atoms with van der Waals surface area (Å²) in [6.07, 6.45) is 3.58. The summed E-state index contributed by atoms with van der Waals surface area (Å²) >= 11 is 0. The molecular weight excluding hydrogens is 150 g/mol. The second-order valence-corrected chi connectivity index (χ2v) is 4.34. The standard InChI is InChI=1S/C10H17NO/c1-8-3-4-9(2)6-10(12,5-8)7-11/h8-9,12H,3-6H2,1-2H3. The van der Waals surface area contributed by atoms with E-state index < -0.39 is 5.60 Å². The lowest BCUT2D eigenvalue weighted by molar-refractivity contribution is 0.0619. The number of aliphatic hydroxyl groups is 1. The maximum absolute atomic E-state index is 9.84. The van der Waals surface area contributed by atoms with Crippen molar-refractivity contribution in [2.24, 2.45) is 11.8 Å². The summed E-state index contributed by atoms with van der Waals surface area (Å²) in [7, 11) is 0. The predicted octanol–water partition coefficient (Wildman–Crippen LogP) is 2.09. The molecule has 2 heteroatoms. The van der Waals surface area contributed by atoms with Crippen LogP contribution < -0.4 is 0 Å². The van der Waals surface area contributed by atoms with Crippen LogP contribution in [0.3, 0.4) is 0 Å². The number of nitrogens with zero attached hydrogens (tertiary/aromatic N) is 1. The van der Waals surface area contributed by atoms with Crippen molar-refractivity contribution in [1.82, 2.24) is 0 Å². The maximum atomic E-state index is 9.84. The topological polar surface area (TPSA) is 44.0 Å². The molecule has 2 unspecified atom stereocenters. The smallest absolute Gasteiger partial charge is 0.151 e. The molecule has 2 nitrogen and oxygen atoms in total. The van der Waals surface area contributed by atoms with Gasteiger partial charge in [-0.1, -0.05) is 26.7 Å². The normalized spacial score (nSPS) is 43.2. The molecule has 12 heavy (non-hydrogen) atoms. The molecular formula is C10H17NO. The molecule has 1 fully saturated rings. The first kappa shape index (κ1) is 9.54. The fourth-order valence-corrected chi connectivity index (χ4v) is 2.10. The zero-order valence-electron chi connectivity index (χ0n) is 7.88. The van der Waals surface area contributed by atoms with E-state index >= 15 is 0 Å². The molecule has 1 aliphatic rings. The molecule has 0 saturated heterocycles. The Kier molecular flexibility index (Phi) is 2.74.